The molecule has 12 nitrogen and oxygen atoms in total. The number of hydrogen-bond donors (Lipinski definition) is 1. The van der Waals surface area contributed by atoms with Gasteiger partial charge in [-0.2, -0.15) is 0 Å². The third-order valence-electron chi connectivity index (χ3n) is 7.21. The summed E-state index contributed by atoms with van der Waals surface area (Å²) < 4.78 is 54.1. The first-order valence-electron chi connectivity index (χ1n) is 18.9. The Morgan fingerprint density at radius 1 is 0.354 bits per heavy atom. The highest BCUT2D eigenvalue weighted by Gasteiger charge is 2.03. The topological polar surface area (TPSA) is 135 Å². The summed E-state index contributed by atoms with van der Waals surface area (Å²) in [6.07, 6.45) is 17.3. The lowest BCUT2D eigenvalue weighted by molar-refractivity contribution is -0.145. The highest BCUT2D eigenvalue weighted by Crippen LogP contribution is 2.13. The van der Waals surface area contributed by atoms with Crippen molar-refractivity contribution in [2.24, 2.45) is 5.73 Å². The molecule has 0 saturated heterocycles. The van der Waals surface area contributed by atoms with Crippen molar-refractivity contribution in [2.75, 3.05) is 132 Å². The van der Waals surface area contributed by atoms with E-state index in [1.54, 1.807) is 0 Å². The van der Waals surface area contributed by atoms with Gasteiger partial charge in [-0.25, -0.2) is 0 Å². The van der Waals surface area contributed by atoms with Gasteiger partial charge in [0.25, 0.3) is 0 Å². The molecular weight excluding hydrogens is 622 g/mol. The molecule has 0 aliphatic heterocycles. The van der Waals surface area contributed by atoms with Crippen LogP contribution in [-0.4, -0.2) is 138 Å². The van der Waals surface area contributed by atoms with Crippen LogP contribution >= 0.6 is 0 Å². The van der Waals surface area contributed by atoms with E-state index in [4.69, 9.17) is 53.1 Å². The number of carbonyl (C=O) groups excluding carboxylic acids is 1. The third kappa shape index (κ3) is 43.1. The van der Waals surface area contributed by atoms with Gasteiger partial charge in [-0.05, 0) is 6.42 Å². The zero-order valence-electron chi connectivity index (χ0n) is 30.6. The molecule has 0 aromatic rings. The van der Waals surface area contributed by atoms with E-state index in [-0.39, 0.29) is 5.97 Å². The molecule has 288 valence electrons. The van der Waals surface area contributed by atoms with Crippen LogP contribution in [0.5, 0.6) is 0 Å². The molecule has 0 fully saturated rings. The minimum absolute atomic E-state index is 0.130. The Morgan fingerprint density at radius 3 is 0.896 bits per heavy atom. The molecule has 0 heterocycles. The molecular formula is C36H73NO11. The maximum Gasteiger partial charge on any atom is 0.305 e. The van der Waals surface area contributed by atoms with Crippen molar-refractivity contribution in [3.63, 3.8) is 0 Å². The van der Waals surface area contributed by atoms with E-state index in [1.807, 2.05) is 0 Å². The second-order valence-corrected chi connectivity index (χ2v) is 11.5. The van der Waals surface area contributed by atoms with Crippen molar-refractivity contribution < 1.29 is 52.2 Å². The maximum absolute atomic E-state index is 11.9. The molecule has 0 atom stereocenters. The van der Waals surface area contributed by atoms with Gasteiger partial charge in [-0.3, -0.25) is 4.79 Å². The van der Waals surface area contributed by atoms with E-state index in [0.717, 1.165) is 12.8 Å². The van der Waals surface area contributed by atoms with Crippen LogP contribution in [0.1, 0.15) is 96.8 Å². The first-order valence-corrected chi connectivity index (χ1v) is 18.9. The van der Waals surface area contributed by atoms with Crippen LogP contribution in [-0.2, 0) is 52.2 Å². The normalized spacial score (nSPS) is 11.5. The SMILES string of the molecule is CCCCCCCCCCCCCCCC(=O)OCCOCCOCCOCCOCCOCCOCCOCCOCCOCCN. The first kappa shape index (κ1) is 47.1. The Bertz CT molecular complexity index is 604. The molecule has 12 heteroatoms. The van der Waals surface area contributed by atoms with Crippen molar-refractivity contribution in [3.8, 4) is 0 Å². The van der Waals surface area contributed by atoms with Crippen molar-refractivity contribution in [2.45, 2.75) is 96.8 Å². The summed E-state index contributed by atoms with van der Waals surface area (Å²) in [7, 11) is 0. The van der Waals surface area contributed by atoms with Gasteiger partial charge in [-0.1, -0.05) is 84.0 Å². The van der Waals surface area contributed by atoms with E-state index < -0.39 is 0 Å². The van der Waals surface area contributed by atoms with Crippen LogP contribution in [0.2, 0.25) is 0 Å². The Kier molecular flexibility index (Phi) is 43.2. The van der Waals surface area contributed by atoms with Gasteiger partial charge in [0.15, 0.2) is 0 Å². The van der Waals surface area contributed by atoms with E-state index in [9.17, 15) is 4.79 Å². The highest BCUT2D eigenvalue weighted by atomic mass is 16.6. The molecule has 0 bridgehead atoms. The van der Waals surface area contributed by atoms with Crippen LogP contribution < -0.4 is 5.73 Å². The fourth-order valence-corrected chi connectivity index (χ4v) is 4.52. The minimum atomic E-state index is -0.130. The summed E-state index contributed by atoms with van der Waals surface area (Å²) in [5.74, 6) is -0.130. The van der Waals surface area contributed by atoms with Gasteiger partial charge in [0, 0.05) is 13.0 Å². The molecule has 0 radical (unpaired) electrons. The number of esters is 1. The van der Waals surface area contributed by atoms with E-state index in [0.29, 0.717) is 138 Å². The first-order chi connectivity index (χ1) is 23.8. The predicted molar refractivity (Wildman–Crippen MR) is 188 cm³/mol. The second-order valence-electron chi connectivity index (χ2n) is 11.5. The lowest BCUT2D eigenvalue weighted by Gasteiger charge is -2.09. The van der Waals surface area contributed by atoms with E-state index in [1.165, 1.54) is 70.6 Å². The molecule has 0 aliphatic rings. The average molecular weight is 696 g/mol. The Hall–Kier alpha value is -0.930. The monoisotopic (exact) mass is 696 g/mol. The van der Waals surface area contributed by atoms with Gasteiger partial charge in [0.1, 0.15) is 6.61 Å². The predicted octanol–water partition coefficient (Wildman–Crippen LogP) is 5.12. The Balaban J connectivity index is 3.12. The Morgan fingerprint density at radius 2 is 0.604 bits per heavy atom. The molecule has 0 unspecified atom stereocenters. The molecule has 48 heavy (non-hydrogen) atoms. The number of ether oxygens (including phenoxy) is 10. The fraction of sp³-hybridized carbons (Fsp3) is 0.972. The third-order valence-corrected chi connectivity index (χ3v) is 7.21. The van der Waals surface area contributed by atoms with Crippen LogP contribution in [0, 0.1) is 0 Å². The molecule has 0 saturated carbocycles. The molecule has 0 rings (SSSR count). The summed E-state index contributed by atoms with van der Waals surface area (Å²) in [5.41, 5.74) is 5.33. The maximum atomic E-state index is 11.9. The lowest BCUT2D eigenvalue weighted by atomic mass is 10.0. The zero-order valence-corrected chi connectivity index (χ0v) is 30.6. The zero-order chi connectivity index (χ0) is 34.7. The summed E-state index contributed by atoms with van der Waals surface area (Å²) >= 11 is 0. The number of nitrogens with two attached hydrogens (primary N) is 1. The van der Waals surface area contributed by atoms with Crippen LogP contribution in [0.4, 0.5) is 0 Å². The van der Waals surface area contributed by atoms with Gasteiger partial charge < -0.3 is 53.1 Å². The van der Waals surface area contributed by atoms with Gasteiger partial charge in [0.05, 0.1) is 119 Å². The standard InChI is InChI=1S/C36H73NO11/c1-2-3-4-5-6-7-8-9-10-11-12-13-14-15-36(38)48-35-34-47-33-32-46-31-30-45-29-28-44-27-26-43-25-24-42-23-22-41-21-20-40-19-18-39-17-16-37/h2-35,37H2,1H3. The number of unbranched alkanes of at least 4 members (excludes halogenated alkanes) is 12. The van der Waals surface area contributed by atoms with Crippen molar-refractivity contribution in [1.82, 2.24) is 0 Å². The average Bonchev–Trinajstić information content (AvgIpc) is 3.09. The van der Waals surface area contributed by atoms with E-state index in [2.05, 4.69) is 6.92 Å². The largest absolute Gasteiger partial charge is 0.463 e. The lowest BCUT2D eigenvalue weighted by Crippen LogP contribution is -2.15. The van der Waals surface area contributed by atoms with Gasteiger partial charge in [0.2, 0.25) is 0 Å². The van der Waals surface area contributed by atoms with Crippen LogP contribution in [0.15, 0.2) is 0 Å². The summed E-state index contributed by atoms with van der Waals surface area (Å²) in [6, 6.07) is 0. The van der Waals surface area contributed by atoms with Crippen molar-refractivity contribution >= 4 is 5.97 Å². The molecule has 2 N–H and O–H groups in total. The van der Waals surface area contributed by atoms with Crippen LogP contribution in [0.3, 0.4) is 0 Å². The van der Waals surface area contributed by atoms with Crippen molar-refractivity contribution in [1.29, 1.82) is 0 Å². The number of carbonyl (C=O) groups is 1. The summed E-state index contributed by atoms with van der Waals surface area (Å²) in [5, 5.41) is 0. The molecule has 0 aromatic carbocycles. The fourth-order valence-electron chi connectivity index (χ4n) is 4.52. The highest BCUT2D eigenvalue weighted by molar-refractivity contribution is 5.69. The van der Waals surface area contributed by atoms with Crippen molar-refractivity contribution in [3.05, 3.63) is 0 Å². The number of rotatable bonds is 43. The second kappa shape index (κ2) is 44.1. The smallest absolute Gasteiger partial charge is 0.305 e. The van der Waals surface area contributed by atoms with Gasteiger partial charge in [-0.15, -0.1) is 0 Å². The Labute approximate surface area is 292 Å². The molecule has 0 aliphatic carbocycles. The summed E-state index contributed by atoms with van der Waals surface area (Å²) in [6.45, 7) is 12.2. The quantitative estimate of drug-likeness (QED) is 0.0670. The van der Waals surface area contributed by atoms with Gasteiger partial charge >= 0.3 is 5.97 Å². The molecule has 0 amide bonds. The van der Waals surface area contributed by atoms with E-state index >= 15 is 0 Å². The molecule has 0 spiro atoms. The number of hydrogen-bond acceptors (Lipinski definition) is 12. The van der Waals surface area contributed by atoms with Crippen LogP contribution in [0.25, 0.3) is 0 Å². The minimum Gasteiger partial charge on any atom is -0.463 e. The summed E-state index contributed by atoms with van der Waals surface area (Å²) in [4.78, 5) is 11.9. The molecule has 0 aromatic heterocycles.